The molecule has 0 N–H and O–H groups in total. The van der Waals surface area contributed by atoms with Gasteiger partial charge in [-0.2, -0.15) is 5.26 Å². The van der Waals surface area contributed by atoms with Gasteiger partial charge in [-0.05, 0) is 33.6 Å². The summed E-state index contributed by atoms with van der Waals surface area (Å²) in [5.41, 5.74) is 0.494. The molecule has 0 fully saturated rings. The van der Waals surface area contributed by atoms with Gasteiger partial charge in [-0.3, -0.25) is 18.7 Å². The predicted molar refractivity (Wildman–Crippen MR) is 127 cm³/mol. The number of aryl methyl sites for hydroxylation is 1. The van der Waals surface area contributed by atoms with Gasteiger partial charge in [0.2, 0.25) is 0 Å². The molecule has 2 aromatic heterocycles. The van der Waals surface area contributed by atoms with E-state index < -0.39 is 23.6 Å². The number of carbonyl (C=O) groups is 1. The van der Waals surface area contributed by atoms with E-state index in [4.69, 9.17) is 4.74 Å². The molecule has 0 aliphatic rings. The first-order valence-electron chi connectivity index (χ1n) is 10.00. The van der Waals surface area contributed by atoms with Crippen LogP contribution < -0.4 is 16.0 Å². The number of rotatable bonds is 6. The second-order valence-corrected chi connectivity index (χ2v) is 8.19. The molecule has 0 saturated carbocycles. The van der Waals surface area contributed by atoms with Crippen LogP contribution in [0.3, 0.4) is 0 Å². The Morgan fingerprint density at radius 2 is 1.79 bits per heavy atom. The molecule has 0 aliphatic carbocycles. The molecule has 0 unspecified atom stereocenters. The minimum Gasteiger partial charge on any atom is -0.497 e. The van der Waals surface area contributed by atoms with Crippen molar-refractivity contribution in [3.05, 3.63) is 96.7 Å². The van der Waals surface area contributed by atoms with Gasteiger partial charge in [-0.1, -0.05) is 42.5 Å². The first-order valence-corrected chi connectivity index (χ1v) is 10.8. The molecule has 9 heteroatoms. The van der Waals surface area contributed by atoms with Crippen molar-refractivity contribution in [3.8, 4) is 11.8 Å². The Kier molecular flexibility index (Phi) is 6.03. The van der Waals surface area contributed by atoms with Gasteiger partial charge in [0.05, 0.1) is 19.2 Å². The number of hydrogen-bond acceptors (Lipinski definition) is 5. The Labute approximate surface area is 197 Å². The zero-order chi connectivity index (χ0) is 23.7. The Hall–Kier alpha value is -3.90. The van der Waals surface area contributed by atoms with E-state index >= 15 is 0 Å². The summed E-state index contributed by atoms with van der Waals surface area (Å²) >= 11 is 3.43. The summed E-state index contributed by atoms with van der Waals surface area (Å²) in [6.45, 7) is -0.137. The van der Waals surface area contributed by atoms with Crippen molar-refractivity contribution in [1.82, 2.24) is 13.7 Å². The molecule has 0 saturated heterocycles. The zero-order valence-electron chi connectivity index (χ0n) is 17.9. The van der Waals surface area contributed by atoms with Crippen LogP contribution >= 0.6 is 15.9 Å². The molecule has 4 rings (SSSR count). The number of carbonyl (C=O) groups excluding carboxylic acids is 1. The van der Waals surface area contributed by atoms with Crippen LogP contribution in [0.15, 0.2) is 68.8 Å². The standard InChI is InChI=1S/C24H19BrN4O4/c1-27-20-18(12-26)22(25)28(13-15-7-4-3-5-8-15)21(20)23(31)29(24(27)32)14-19(30)16-9-6-10-17(11-16)33-2/h3-11H,13-14H2,1-2H3. The summed E-state index contributed by atoms with van der Waals surface area (Å²) in [4.78, 5) is 39.5. The number of nitrogens with zero attached hydrogens (tertiary/aromatic N) is 4. The smallest absolute Gasteiger partial charge is 0.331 e. The molecule has 166 valence electrons. The normalized spacial score (nSPS) is 10.8. The van der Waals surface area contributed by atoms with Crippen LogP contribution in [0.1, 0.15) is 21.5 Å². The Bertz CT molecular complexity index is 1540. The van der Waals surface area contributed by atoms with Crippen molar-refractivity contribution >= 4 is 32.7 Å². The van der Waals surface area contributed by atoms with Crippen molar-refractivity contribution < 1.29 is 9.53 Å². The van der Waals surface area contributed by atoms with Gasteiger partial charge >= 0.3 is 5.69 Å². The lowest BCUT2D eigenvalue weighted by Crippen LogP contribution is -2.41. The molecule has 0 atom stereocenters. The van der Waals surface area contributed by atoms with E-state index in [0.717, 1.165) is 10.1 Å². The van der Waals surface area contributed by atoms with E-state index in [9.17, 15) is 19.6 Å². The molecule has 8 nitrogen and oxygen atoms in total. The summed E-state index contributed by atoms with van der Waals surface area (Å²) in [5, 5.41) is 9.73. The van der Waals surface area contributed by atoms with Gasteiger partial charge in [0.25, 0.3) is 5.56 Å². The number of ketones is 1. The minimum absolute atomic E-state index is 0.169. The number of nitriles is 1. The van der Waals surface area contributed by atoms with Crippen LogP contribution in [-0.2, 0) is 20.1 Å². The fourth-order valence-corrected chi connectivity index (χ4v) is 4.38. The number of fused-ring (bicyclic) bond motifs is 1. The molecule has 4 aromatic rings. The maximum atomic E-state index is 13.5. The fourth-order valence-electron chi connectivity index (χ4n) is 3.80. The van der Waals surface area contributed by atoms with Gasteiger partial charge in [0.15, 0.2) is 5.78 Å². The molecule has 0 bridgehead atoms. The number of benzene rings is 2. The van der Waals surface area contributed by atoms with Gasteiger partial charge in [-0.25, -0.2) is 4.79 Å². The number of ether oxygens (including phenoxy) is 1. The monoisotopic (exact) mass is 506 g/mol. The van der Waals surface area contributed by atoms with Crippen LogP contribution in [0, 0.1) is 11.3 Å². The largest absolute Gasteiger partial charge is 0.497 e. The predicted octanol–water partition coefficient (Wildman–Crippen LogP) is 3.08. The molecule has 0 aliphatic heterocycles. The number of hydrogen-bond donors (Lipinski definition) is 0. The molecular weight excluding hydrogens is 488 g/mol. The van der Waals surface area contributed by atoms with Crippen LogP contribution in [0.2, 0.25) is 0 Å². The Morgan fingerprint density at radius 3 is 2.45 bits per heavy atom. The van der Waals surface area contributed by atoms with Crippen molar-refractivity contribution in [2.24, 2.45) is 7.05 Å². The van der Waals surface area contributed by atoms with E-state index in [0.29, 0.717) is 22.5 Å². The summed E-state index contributed by atoms with van der Waals surface area (Å²) in [6.07, 6.45) is 0. The van der Waals surface area contributed by atoms with Crippen LogP contribution in [0.4, 0.5) is 0 Å². The van der Waals surface area contributed by atoms with Crippen molar-refractivity contribution in [1.29, 1.82) is 5.26 Å². The van der Waals surface area contributed by atoms with Gasteiger partial charge in [0.1, 0.15) is 27.5 Å². The number of halogens is 1. The van der Waals surface area contributed by atoms with E-state index in [1.807, 2.05) is 30.3 Å². The van der Waals surface area contributed by atoms with Crippen LogP contribution in [0.25, 0.3) is 11.0 Å². The molecule has 0 spiro atoms. The summed E-state index contributed by atoms with van der Waals surface area (Å²) < 4.78 is 9.34. The zero-order valence-corrected chi connectivity index (χ0v) is 19.5. The van der Waals surface area contributed by atoms with E-state index in [1.54, 1.807) is 28.8 Å². The number of Topliss-reactive ketones (excluding diaryl/α,β-unsaturated/α-hetero) is 1. The number of methoxy groups -OCH3 is 1. The summed E-state index contributed by atoms with van der Waals surface area (Å²) in [5.74, 6) is 0.0871. The molecule has 0 radical (unpaired) electrons. The highest BCUT2D eigenvalue weighted by atomic mass is 79.9. The van der Waals surface area contributed by atoms with Gasteiger partial charge in [0, 0.05) is 19.2 Å². The molecular formula is C24H19BrN4O4. The lowest BCUT2D eigenvalue weighted by molar-refractivity contribution is 0.0968. The highest BCUT2D eigenvalue weighted by molar-refractivity contribution is 9.10. The summed E-state index contributed by atoms with van der Waals surface area (Å²) in [6, 6.07) is 18.0. The maximum Gasteiger partial charge on any atom is 0.331 e. The third-order valence-electron chi connectivity index (χ3n) is 5.46. The highest BCUT2D eigenvalue weighted by Crippen LogP contribution is 2.28. The molecule has 2 aromatic carbocycles. The lowest BCUT2D eigenvalue weighted by atomic mass is 10.1. The molecule has 0 amide bonds. The van der Waals surface area contributed by atoms with Crippen molar-refractivity contribution in [2.75, 3.05) is 7.11 Å². The quantitative estimate of drug-likeness (QED) is 0.374. The second-order valence-electron chi connectivity index (χ2n) is 7.43. The average molecular weight is 507 g/mol. The third kappa shape index (κ3) is 3.90. The topological polar surface area (TPSA) is 99.0 Å². The highest BCUT2D eigenvalue weighted by Gasteiger charge is 2.24. The maximum absolute atomic E-state index is 13.5. The second kappa shape index (κ2) is 8.92. The Morgan fingerprint density at radius 1 is 1.06 bits per heavy atom. The van der Waals surface area contributed by atoms with E-state index in [1.165, 1.54) is 18.7 Å². The first kappa shape index (κ1) is 22.3. The van der Waals surface area contributed by atoms with Gasteiger partial charge in [-0.15, -0.1) is 0 Å². The van der Waals surface area contributed by atoms with Crippen molar-refractivity contribution in [2.45, 2.75) is 13.1 Å². The van der Waals surface area contributed by atoms with E-state index in [-0.39, 0.29) is 16.6 Å². The lowest BCUT2D eigenvalue weighted by Gasteiger charge is -2.11. The molecule has 33 heavy (non-hydrogen) atoms. The molecule has 2 heterocycles. The minimum atomic E-state index is -0.676. The van der Waals surface area contributed by atoms with Crippen LogP contribution in [0.5, 0.6) is 5.75 Å². The SMILES string of the molecule is COc1cccc(C(=O)Cn2c(=O)c3c(c(C#N)c(Br)n3Cc3ccccc3)n(C)c2=O)c1. The first-order chi connectivity index (χ1) is 15.9. The van der Waals surface area contributed by atoms with Gasteiger partial charge < -0.3 is 9.30 Å². The van der Waals surface area contributed by atoms with Crippen LogP contribution in [-0.4, -0.2) is 26.6 Å². The fraction of sp³-hybridized carbons (Fsp3) is 0.167. The average Bonchev–Trinajstić information content (AvgIpc) is 3.12. The van der Waals surface area contributed by atoms with E-state index in [2.05, 4.69) is 22.0 Å². The Balaban J connectivity index is 1.91. The number of aromatic nitrogens is 3. The third-order valence-corrected chi connectivity index (χ3v) is 6.29. The van der Waals surface area contributed by atoms with Crippen molar-refractivity contribution in [3.63, 3.8) is 0 Å². The summed E-state index contributed by atoms with van der Waals surface area (Å²) in [7, 11) is 2.97.